The minimum Gasteiger partial charge on any atom is -1.00 e. The Kier molecular flexibility index (Phi) is 5.03. The molecular weight excluding hydrogens is 234 g/mol. The lowest BCUT2D eigenvalue weighted by Crippen LogP contribution is -3.00. The van der Waals surface area contributed by atoms with Crippen molar-refractivity contribution in [1.29, 1.82) is 0 Å². The first-order chi connectivity index (χ1) is 7.76. The summed E-state index contributed by atoms with van der Waals surface area (Å²) in [7, 11) is 1.72. The van der Waals surface area contributed by atoms with Gasteiger partial charge in [0.15, 0.2) is 0 Å². The second-order valence-electron chi connectivity index (χ2n) is 4.49. The number of benzene rings is 1. The van der Waals surface area contributed by atoms with E-state index in [1.807, 2.05) is 12.1 Å². The molecule has 0 bridgehead atoms. The monoisotopic (exact) mass is 253 g/mol. The third-order valence-corrected chi connectivity index (χ3v) is 3.52. The number of quaternary nitrogens is 1. The van der Waals surface area contributed by atoms with E-state index in [9.17, 15) is 0 Å². The highest BCUT2D eigenvalue weighted by Gasteiger charge is 2.28. The van der Waals surface area contributed by atoms with Crippen LogP contribution in [0.4, 0.5) is 0 Å². The van der Waals surface area contributed by atoms with Crippen LogP contribution in [0.15, 0.2) is 30.9 Å². The number of rotatable bonds is 3. The van der Waals surface area contributed by atoms with Crippen LogP contribution in [-0.2, 0) is 6.42 Å². The third-order valence-electron chi connectivity index (χ3n) is 3.52. The van der Waals surface area contributed by atoms with Crippen LogP contribution in [0.1, 0.15) is 29.9 Å². The van der Waals surface area contributed by atoms with Crippen molar-refractivity contribution in [3.05, 3.63) is 42.0 Å². The first-order valence-electron chi connectivity index (χ1n) is 5.87. The maximum atomic E-state index is 5.27. The third kappa shape index (κ3) is 2.82. The molecule has 0 radical (unpaired) electrons. The summed E-state index contributed by atoms with van der Waals surface area (Å²) >= 11 is 0. The van der Waals surface area contributed by atoms with Crippen LogP contribution in [0.2, 0.25) is 0 Å². The van der Waals surface area contributed by atoms with Gasteiger partial charge in [-0.25, -0.2) is 0 Å². The van der Waals surface area contributed by atoms with Crippen LogP contribution in [-0.4, -0.2) is 13.2 Å². The van der Waals surface area contributed by atoms with Crippen molar-refractivity contribution in [2.24, 2.45) is 0 Å². The van der Waals surface area contributed by atoms with E-state index in [2.05, 4.69) is 24.4 Å². The lowest BCUT2D eigenvalue weighted by atomic mass is 9.78. The molecule has 0 fully saturated rings. The molecule has 94 valence electrons. The number of allylic oxidation sites excluding steroid dienone is 1. The van der Waals surface area contributed by atoms with Gasteiger partial charge in [-0.05, 0) is 36.1 Å². The Bertz CT molecular complexity index is 392. The Labute approximate surface area is 109 Å². The SMILES string of the molecule is C=CC[C@H]1c2ccc(OC)cc2CC[C@H]1[NH3+].[Cl-]. The molecule has 0 aromatic heterocycles. The first kappa shape index (κ1) is 14.1. The van der Waals surface area contributed by atoms with Crippen LogP contribution in [0.3, 0.4) is 0 Å². The summed E-state index contributed by atoms with van der Waals surface area (Å²) < 4.78 is 5.27. The van der Waals surface area contributed by atoms with E-state index in [1.54, 1.807) is 7.11 Å². The molecular formula is C14H20ClNO. The van der Waals surface area contributed by atoms with Gasteiger partial charge in [-0.15, -0.1) is 6.58 Å². The zero-order chi connectivity index (χ0) is 11.5. The highest BCUT2D eigenvalue weighted by molar-refractivity contribution is 5.40. The standard InChI is InChI=1S/C14H19NO.ClH/c1-3-4-13-12-7-6-11(16-2)9-10(12)5-8-14(13)15;/h3,6-7,9,13-14H,1,4-5,8,15H2,2H3;1H/t13-,14+;/m0./s1. The zero-order valence-corrected chi connectivity index (χ0v) is 11.0. The van der Waals surface area contributed by atoms with Gasteiger partial charge in [0.05, 0.1) is 13.2 Å². The second kappa shape index (κ2) is 6.08. The number of hydrogen-bond donors (Lipinski definition) is 1. The summed E-state index contributed by atoms with van der Waals surface area (Å²) in [4.78, 5) is 0. The maximum absolute atomic E-state index is 5.27. The fourth-order valence-electron chi connectivity index (χ4n) is 2.58. The normalized spacial score (nSPS) is 22.2. The molecule has 3 N–H and O–H groups in total. The largest absolute Gasteiger partial charge is 1.00 e. The number of ether oxygens (including phenoxy) is 1. The van der Waals surface area contributed by atoms with Gasteiger partial charge >= 0.3 is 0 Å². The topological polar surface area (TPSA) is 36.9 Å². The van der Waals surface area contributed by atoms with Gasteiger partial charge in [0.2, 0.25) is 0 Å². The van der Waals surface area contributed by atoms with Crippen molar-refractivity contribution >= 4 is 0 Å². The Hall–Kier alpha value is -0.990. The van der Waals surface area contributed by atoms with E-state index in [0.717, 1.165) is 18.6 Å². The molecule has 0 saturated heterocycles. The van der Waals surface area contributed by atoms with Crippen molar-refractivity contribution in [2.75, 3.05) is 7.11 Å². The van der Waals surface area contributed by atoms with Crippen LogP contribution < -0.4 is 22.9 Å². The summed E-state index contributed by atoms with van der Waals surface area (Å²) in [6, 6.07) is 6.92. The van der Waals surface area contributed by atoms with E-state index < -0.39 is 0 Å². The van der Waals surface area contributed by atoms with E-state index in [4.69, 9.17) is 4.74 Å². The molecule has 1 aliphatic carbocycles. The fourth-order valence-corrected chi connectivity index (χ4v) is 2.58. The molecule has 0 heterocycles. The van der Waals surface area contributed by atoms with Crippen molar-refractivity contribution in [3.8, 4) is 5.75 Å². The molecule has 3 heteroatoms. The summed E-state index contributed by atoms with van der Waals surface area (Å²) in [5.74, 6) is 1.49. The molecule has 2 atom stereocenters. The summed E-state index contributed by atoms with van der Waals surface area (Å²) in [5.41, 5.74) is 7.12. The molecule has 2 nitrogen and oxygen atoms in total. The average Bonchev–Trinajstić information content (AvgIpc) is 2.32. The molecule has 0 saturated carbocycles. The fraction of sp³-hybridized carbons (Fsp3) is 0.429. The molecule has 2 rings (SSSR count). The van der Waals surface area contributed by atoms with Crippen LogP contribution >= 0.6 is 0 Å². The number of fused-ring (bicyclic) bond motifs is 1. The van der Waals surface area contributed by atoms with Gasteiger partial charge in [0.25, 0.3) is 0 Å². The minimum atomic E-state index is 0. The molecule has 1 aromatic carbocycles. The van der Waals surface area contributed by atoms with Crippen molar-refractivity contribution in [3.63, 3.8) is 0 Å². The van der Waals surface area contributed by atoms with Crippen molar-refractivity contribution in [2.45, 2.75) is 31.2 Å². The van der Waals surface area contributed by atoms with Crippen molar-refractivity contribution < 1.29 is 22.9 Å². The molecule has 17 heavy (non-hydrogen) atoms. The summed E-state index contributed by atoms with van der Waals surface area (Å²) in [6.07, 6.45) is 5.31. The zero-order valence-electron chi connectivity index (χ0n) is 10.3. The predicted molar refractivity (Wildman–Crippen MR) is 65.5 cm³/mol. The number of halogens is 1. The maximum Gasteiger partial charge on any atom is 0.119 e. The van der Waals surface area contributed by atoms with E-state index >= 15 is 0 Å². The molecule has 0 aliphatic heterocycles. The summed E-state index contributed by atoms with van der Waals surface area (Å²) in [6.45, 7) is 3.84. The van der Waals surface area contributed by atoms with E-state index in [-0.39, 0.29) is 12.4 Å². The lowest BCUT2D eigenvalue weighted by Gasteiger charge is -2.28. The molecule has 1 aromatic rings. The van der Waals surface area contributed by atoms with Crippen molar-refractivity contribution in [1.82, 2.24) is 0 Å². The smallest absolute Gasteiger partial charge is 0.119 e. The van der Waals surface area contributed by atoms with Gasteiger partial charge in [-0.3, -0.25) is 0 Å². The quantitative estimate of drug-likeness (QED) is 0.684. The minimum absolute atomic E-state index is 0. The predicted octanol–water partition coefficient (Wildman–Crippen LogP) is -1.08. The number of hydrogen-bond acceptors (Lipinski definition) is 1. The Balaban J connectivity index is 0.00000144. The van der Waals surface area contributed by atoms with Gasteiger partial charge in [-0.1, -0.05) is 12.1 Å². The lowest BCUT2D eigenvalue weighted by molar-refractivity contribution is -0.428. The van der Waals surface area contributed by atoms with Gasteiger partial charge in [0.1, 0.15) is 5.75 Å². The summed E-state index contributed by atoms with van der Waals surface area (Å²) in [5, 5.41) is 0. The molecule has 0 spiro atoms. The number of aryl methyl sites for hydroxylation is 1. The first-order valence-corrected chi connectivity index (χ1v) is 5.87. The highest BCUT2D eigenvalue weighted by atomic mass is 35.5. The van der Waals surface area contributed by atoms with E-state index in [1.165, 1.54) is 17.5 Å². The Morgan fingerprint density at radius 1 is 1.53 bits per heavy atom. The molecule has 1 aliphatic rings. The molecule has 0 amide bonds. The van der Waals surface area contributed by atoms with Crippen LogP contribution in [0.25, 0.3) is 0 Å². The second-order valence-corrected chi connectivity index (χ2v) is 4.49. The molecule has 0 unspecified atom stereocenters. The van der Waals surface area contributed by atoms with Crippen LogP contribution in [0.5, 0.6) is 5.75 Å². The van der Waals surface area contributed by atoms with Gasteiger partial charge < -0.3 is 22.9 Å². The Morgan fingerprint density at radius 2 is 2.29 bits per heavy atom. The average molecular weight is 254 g/mol. The Morgan fingerprint density at radius 3 is 2.94 bits per heavy atom. The van der Waals surface area contributed by atoms with Crippen LogP contribution in [0, 0.1) is 0 Å². The highest BCUT2D eigenvalue weighted by Crippen LogP contribution is 2.34. The van der Waals surface area contributed by atoms with E-state index in [0.29, 0.717) is 12.0 Å². The number of methoxy groups -OCH3 is 1. The van der Waals surface area contributed by atoms with Gasteiger partial charge in [0, 0.05) is 12.3 Å². The van der Waals surface area contributed by atoms with Gasteiger partial charge in [-0.2, -0.15) is 0 Å².